The van der Waals surface area contributed by atoms with E-state index in [0.717, 1.165) is 0 Å². The van der Waals surface area contributed by atoms with Crippen LogP contribution < -0.4 is 26.7 Å². The summed E-state index contributed by atoms with van der Waals surface area (Å²) in [6.07, 6.45) is 6.68. The monoisotopic (exact) mass is 557 g/mol. The minimum absolute atomic E-state index is 0.0410. The van der Waals surface area contributed by atoms with E-state index >= 15 is 0 Å². The number of nitrogens with one attached hydrogen (secondary N) is 3. The van der Waals surface area contributed by atoms with Crippen molar-refractivity contribution in [3.8, 4) is 18.1 Å². The Morgan fingerprint density at radius 2 is 1.85 bits per heavy atom. The van der Waals surface area contributed by atoms with Crippen molar-refractivity contribution in [2.45, 2.75) is 19.0 Å². The van der Waals surface area contributed by atoms with Crippen molar-refractivity contribution in [3.05, 3.63) is 81.9 Å². The average molecular weight is 558 g/mol. The molecule has 4 rings (SSSR count). The van der Waals surface area contributed by atoms with Gasteiger partial charge in [0.2, 0.25) is 5.95 Å². The molecule has 210 valence electrons. The fourth-order valence-electron chi connectivity index (χ4n) is 3.74. The second-order valence-corrected chi connectivity index (χ2v) is 8.73. The van der Waals surface area contributed by atoms with Gasteiger partial charge in [0.05, 0.1) is 25.0 Å². The number of rotatable bonds is 13. The summed E-state index contributed by atoms with van der Waals surface area (Å²) in [5.74, 6) is 1.25. The topological polar surface area (TPSA) is 194 Å². The molecular weight excluding hydrogens is 530 g/mol. The van der Waals surface area contributed by atoms with E-state index in [1.165, 1.54) is 6.20 Å². The zero-order chi connectivity index (χ0) is 29.2. The smallest absolute Gasteiger partial charge is 0.326 e. The van der Waals surface area contributed by atoms with Crippen molar-refractivity contribution < 1.29 is 24.2 Å². The van der Waals surface area contributed by atoms with Crippen LogP contribution >= 0.6 is 0 Å². The molecule has 13 heteroatoms. The Morgan fingerprint density at radius 3 is 2.56 bits per heavy atom. The van der Waals surface area contributed by atoms with Crippen molar-refractivity contribution >= 4 is 34.7 Å². The van der Waals surface area contributed by atoms with Gasteiger partial charge in [-0.1, -0.05) is 18.1 Å². The quantitative estimate of drug-likeness (QED) is 0.118. The second kappa shape index (κ2) is 13.5. The minimum Gasteiger partial charge on any atom is -0.491 e. The first-order valence-corrected chi connectivity index (χ1v) is 12.4. The van der Waals surface area contributed by atoms with E-state index in [-0.39, 0.29) is 36.7 Å². The molecule has 0 saturated carbocycles. The van der Waals surface area contributed by atoms with Gasteiger partial charge in [-0.15, -0.1) is 6.42 Å². The number of carboxylic acid groups (broad SMARTS) is 1. The lowest BCUT2D eigenvalue weighted by Crippen LogP contribution is -2.42. The maximum absolute atomic E-state index is 12.8. The number of amides is 1. The molecule has 0 aliphatic carbocycles. The number of aromatic nitrogens is 4. The van der Waals surface area contributed by atoms with Crippen LogP contribution in [0.4, 0.5) is 11.6 Å². The number of hydrogen-bond acceptors (Lipinski definition) is 10. The molecule has 6 N–H and O–H groups in total. The summed E-state index contributed by atoms with van der Waals surface area (Å²) in [5.41, 5.74) is 7.43. The summed E-state index contributed by atoms with van der Waals surface area (Å²) in [6.45, 7) is 1.15. The Morgan fingerprint density at radius 1 is 1.10 bits per heavy atom. The molecule has 2 heterocycles. The van der Waals surface area contributed by atoms with Gasteiger partial charge in [0.1, 0.15) is 25.0 Å². The lowest BCUT2D eigenvalue weighted by Gasteiger charge is -2.15. The van der Waals surface area contributed by atoms with Crippen molar-refractivity contribution in [3.63, 3.8) is 0 Å². The summed E-state index contributed by atoms with van der Waals surface area (Å²) in [7, 11) is 0. The number of nitrogens with zero attached hydrogens (tertiary/aromatic N) is 3. The molecular formula is C28H27N7O6. The van der Waals surface area contributed by atoms with Crippen LogP contribution in [0.1, 0.15) is 21.6 Å². The van der Waals surface area contributed by atoms with E-state index < -0.39 is 23.5 Å². The number of fused-ring (bicyclic) bond motifs is 1. The fraction of sp³-hybridized carbons (Fsp3) is 0.214. The molecule has 0 aliphatic rings. The van der Waals surface area contributed by atoms with Gasteiger partial charge in [0, 0.05) is 17.7 Å². The van der Waals surface area contributed by atoms with Gasteiger partial charge >= 0.3 is 5.97 Å². The standard InChI is InChI=1S/C28H27N7O6/c1-2-11-40-12-13-41-21-9-3-17(4-10-21)14-22(27(38)39)33-25(36)18-5-7-19(8-6-18)30-15-20-16-31-24-23(32-20)26(37)35-28(29)34-24/h1,3-10,16,22,30H,11-15H2,(H,33,36)(H,38,39)(H3,29,31,34,35,37)/t22-/m0/s1. The Balaban J connectivity index is 1.30. The van der Waals surface area contributed by atoms with Gasteiger partial charge in [0.25, 0.3) is 11.5 Å². The van der Waals surface area contributed by atoms with Crippen LogP contribution in [0.3, 0.4) is 0 Å². The highest BCUT2D eigenvalue weighted by molar-refractivity contribution is 5.96. The first-order valence-electron chi connectivity index (χ1n) is 12.4. The number of ether oxygens (including phenoxy) is 2. The van der Waals surface area contributed by atoms with Crippen molar-refractivity contribution in [2.75, 3.05) is 30.9 Å². The molecule has 0 fully saturated rings. The second-order valence-electron chi connectivity index (χ2n) is 8.73. The number of anilines is 2. The highest BCUT2D eigenvalue weighted by atomic mass is 16.5. The number of nitrogen functional groups attached to an aromatic ring is 1. The van der Waals surface area contributed by atoms with Crippen LogP contribution in [-0.4, -0.2) is 62.8 Å². The SMILES string of the molecule is C#CCOCCOc1ccc(C[C@H](NC(=O)c2ccc(NCc3cnc4nc(N)[nH]c(=O)c4n3)cc2)C(=O)O)cc1. The molecule has 0 unspecified atom stereocenters. The van der Waals surface area contributed by atoms with Crippen LogP contribution in [0.15, 0.2) is 59.5 Å². The largest absolute Gasteiger partial charge is 0.491 e. The average Bonchev–Trinajstić information content (AvgIpc) is 2.96. The number of carbonyl (C=O) groups excluding carboxylic acids is 1. The van der Waals surface area contributed by atoms with E-state index in [4.69, 9.17) is 21.6 Å². The van der Waals surface area contributed by atoms with Crippen molar-refractivity contribution in [2.24, 2.45) is 0 Å². The van der Waals surface area contributed by atoms with Crippen LogP contribution in [0.5, 0.6) is 5.75 Å². The Kier molecular flexibility index (Phi) is 9.42. The van der Waals surface area contributed by atoms with E-state index in [0.29, 0.717) is 41.5 Å². The predicted octanol–water partition coefficient (Wildman–Crippen LogP) is 1.36. The number of nitrogens with two attached hydrogens (primary N) is 1. The van der Waals surface area contributed by atoms with Crippen LogP contribution in [0, 0.1) is 12.3 Å². The number of carboxylic acids is 1. The first kappa shape index (κ1) is 28.5. The summed E-state index contributed by atoms with van der Waals surface area (Å²) < 4.78 is 10.7. The molecule has 4 aromatic rings. The molecule has 0 spiro atoms. The first-order chi connectivity index (χ1) is 19.8. The van der Waals surface area contributed by atoms with Crippen LogP contribution in [0.2, 0.25) is 0 Å². The molecule has 2 aromatic carbocycles. The predicted molar refractivity (Wildman–Crippen MR) is 150 cm³/mol. The summed E-state index contributed by atoms with van der Waals surface area (Å²) in [5, 5.41) is 15.4. The molecule has 0 saturated heterocycles. The third-order valence-electron chi connectivity index (χ3n) is 5.76. The highest BCUT2D eigenvalue weighted by Crippen LogP contribution is 2.15. The zero-order valence-electron chi connectivity index (χ0n) is 21.8. The zero-order valence-corrected chi connectivity index (χ0v) is 21.8. The van der Waals surface area contributed by atoms with Crippen LogP contribution in [0.25, 0.3) is 11.2 Å². The molecule has 1 amide bonds. The number of terminal acetylenes is 1. The molecule has 41 heavy (non-hydrogen) atoms. The van der Waals surface area contributed by atoms with Gasteiger partial charge < -0.3 is 30.9 Å². The van der Waals surface area contributed by atoms with Gasteiger partial charge in [0.15, 0.2) is 11.2 Å². The van der Waals surface area contributed by atoms with Crippen molar-refractivity contribution in [1.29, 1.82) is 0 Å². The van der Waals surface area contributed by atoms with Gasteiger partial charge in [-0.25, -0.2) is 14.8 Å². The molecule has 1 atom stereocenters. The number of H-pyrrole nitrogens is 1. The third-order valence-corrected chi connectivity index (χ3v) is 5.76. The lowest BCUT2D eigenvalue weighted by atomic mass is 10.1. The number of aliphatic carboxylic acids is 1. The highest BCUT2D eigenvalue weighted by Gasteiger charge is 2.21. The minimum atomic E-state index is -1.16. The fourth-order valence-corrected chi connectivity index (χ4v) is 3.74. The van der Waals surface area contributed by atoms with E-state index in [2.05, 4.69) is 36.5 Å². The molecule has 0 bridgehead atoms. The normalized spacial score (nSPS) is 11.4. The lowest BCUT2D eigenvalue weighted by molar-refractivity contribution is -0.139. The van der Waals surface area contributed by atoms with Crippen molar-refractivity contribution in [1.82, 2.24) is 25.3 Å². The molecule has 0 aliphatic heterocycles. The Bertz CT molecular complexity index is 1610. The summed E-state index contributed by atoms with van der Waals surface area (Å²) >= 11 is 0. The maximum Gasteiger partial charge on any atom is 0.326 e. The van der Waals surface area contributed by atoms with E-state index in [9.17, 15) is 19.5 Å². The summed E-state index contributed by atoms with van der Waals surface area (Å²) in [4.78, 5) is 51.3. The van der Waals surface area contributed by atoms with Crippen LogP contribution in [-0.2, 0) is 22.5 Å². The van der Waals surface area contributed by atoms with Gasteiger partial charge in [-0.2, -0.15) is 4.98 Å². The molecule has 2 aromatic heterocycles. The maximum atomic E-state index is 12.8. The number of benzene rings is 2. The Labute approximate surface area is 234 Å². The summed E-state index contributed by atoms with van der Waals surface area (Å²) in [6, 6.07) is 12.3. The third kappa shape index (κ3) is 8.01. The van der Waals surface area contributed by atoms with E-state index in [1.54, 1.807) is 48.5 Å². The number of aromatic amines is 1. The van der Waals surface area contributed by atoms with E-state index in [1.807, 2.05) is 0 Å². The molecule has 13 nitrogen and oxygen atoms in total. The van der Waals surface area contributed by atoms with Gasteiger partial charge in [-0.05, 0) is 42.0 Å². The number of hydrogen-bond donors (Lipinski definition) is 5. The van der Waals surface area contributed by atoms with Gasteiger partial charge in [-0.3, -0.25) is 14.6 Å². The Hall–Kier alpha value is -5.48. The molecule has 0 radical (unpaired) electrons. The number of carbonyl (C=O) groups is 2.